The highest BCUT2D eigenvalue weighted by molar-refractivity contribution is 5.85. The van der Waals surface area contributed by atoms with Gasteiger partial charge in [-0.1, -0.05) is 12.1 Å². The van der Waals surface area contributed by atoms with Crippen LogP contribution in [-0.4, -0.2) is 11.1 Å². The summed E-state index contributed by atoms with van der Waals surface area (Å²) in [6.45, 7) is 0. The van der Waals surface area contributed by atoms with Crippen molar-refractivity contribution in [3.05, 3.63) is 41.2 Å². The third-order valence-corrected chi connectivity index (χ3v) is 1.75. The summed E-state index contributed by atoms with van der Waals surface area (Å²) in [6.07, 6.45) is 2.18. The van der Waals surface area contributed by atoms with Gasteiger partial charge in [0.25, 0.3) is 0 Å². The number of nitrogens with zero attached hydrogens (tertiary/aromatic N) is 1. The van der Waals surface area contributed by atoms with Gasteiger partial charge in [-0.2, -0.15) is 5.26 Å². The second-order valence-electron chi connectivity index (χ2n) is 2.86. The summed E-state index contributed by atoms with van der Waals surface area (Å²) in [6, 6.07) is 6.17. The number of rotatable bonds is 3. The van der Waals surface area contributed by atoms with Crippen LogP contribution in [0.15, 0.2) is 24.3 Å². The van der Waals surface area contributed by atoms with Gasteiger partial charge in [-0.05, 0) is 17.7 Å². The van der Waals surface area contributed by atoms with Crippen LogP contribution in [-0.2, 0) is 11.2 Å². The van der Waals surface area contributed by atoms with Crippen LogP contribution in [0.2, 0.25) is 0 Å². The first-order chi connectivity index (χ1) is 7.13. The molecule has 0 aliphatic rings. The molecule has 0 atom stereocenters. The molecule has 15 heavy (non-hydrogen) atoms. The summed E-state index contributed by atoms with van der Waals surface area (Å²) in [7, 11) is 0. The molecule has 0 spiro atoms. The van der Waals surface area contributed by atoms with Crippen molar-refractivity contribution < 1.29 is 14.3 Å². The highest BCUT2D eigenvalue weighted by Crippen LogP contribution is 2.12. The number of carboxylic acid groups (broad SMARTS) is 1. The summed E-state index contributed by atoms with van der Waals surface area (Å²) >= 11 is 0. The van der Waals surface area contributed by atoms with E-state index in [9.17, 15) is 9.18 Å². The van der Waals surface area contributed by atoms with Crippen molar-refractivity contribution in [3.8, 4) is 6.07 Å². The summed E-state index contributed by atoms with van der Waals surface area (Å²) in [5, 5.41) is 16.7. The molecule has 0 fully saturated rings. The Labute approximate surface area is 86.1 Å². The molecule has 0 amide bonds. The Bertz CT molecular complexity index is 446. The maximum absolute atomic E-state index is 13.3. The molecule has 0 bridgehead atoms. The minimum absolute atomic E-state index is 0.139. The van der Waals surface area contributed by atoms with Crippen LogP contribution in [0.3, 0.4) is 0 Å². The molecule has 0 saturated carbocycles. The van der Waals surface area contributed by atoms with E-state index < -0.39 is 11.8 Å². The first kappa shape index (κ1) is 10.9. The molecule has 0 saturated heterocycles. The molecule has 76 valence electrons. The quantitative estimate of drug-likeness (QED) is 0.767. The number of carbonyl (C=O) groups is 1. The monoisotopic (exact) mass is 205 g/mol. The van der Waals surface area contributed by atoms with Crippen LogP contribution < -0.4 is 0 Å². The van der Waals surface area contributed by atoms with Crippen LogP contribution >= 0.6 is 0 Å². The van der Waals surface area contributed by atoms with Gasteiger partial charge in [-0.3, -0.25) is 0 Å². The Morgan fingerprint density at radius 3 is 2.87 bits per heavy atom. The fraction of sp³-hybridized carbons (Fsp3) is 0.0909. The van der Waals surface area contributed by atoms with Gasteiger partial charge < -0.3 is 5.11 Å². The van der Waals surface area contributed by atoms with Crippen LogP contribution in [0.5, 0.6) is 0 Å². The second kappa shape index (κ2) is 4.91. The molecule has 1 aromatic rings. The predicted molar refractivity (Wildman–Crippen MR) is 52.4 cm³/mol. The molecule has 0 heterocycles. The maximum atomic E-state index is 13.3. The van der Waals surface area contributed by atoms with Crippen LogP contribution in [0.4, 0.5) is 4.39 Å². The number of hydrogen-bond acceptors (Lipinski definition) is 2. The summed E-state index contributed by atoms with van der Waals surface area (Å²) < 4.78 is 13.3. The number of nitriles is 1. The fourth-order valence-corrected chi connectivity index (χ4v) is 1.07. The topological polar surface area (TPSA) is 61.1 Å². The lowest BCUT2D eigenvalue weighted by Crippen LogP contribution is -1.90. The van der Waals surface area contributed by atoms with Gasteiger partial charge in [-0.25, -0.2) is 9.18 Å². The minimum atomic E-state index is -1.13. The highest BCUT2D eigenvalue weighted by atomic mass is 19.1. The smallest absolute Gasteiger partial charge is 0.328 e. The molecule has 4 heteroatoms. The van der Waals surface area contributed by atoms with Crippen molar-refractivity contribution in [2.24, 2.45) is 0 Å². The Morgan fingerprint density at radius 2 is 2.33 bits per heavy atom. The first-order valence-corrected chi connectivity index (χ1v) is 4.20. The third-order valence-electron chi connectivity index (χ3n) is 1.75. The van der Waals surface area contributed by atoms with Crippen molar-refractivity contribution in [2.45, 2.75) is 6.42 Å². The standard InChI is InChI=1S/C11H8FNO2/c12-10-7-8(5-6-13)1-2-9(10)3-4-11(14)15/h1-4,7H,5H2,(H,14,15). The summed E-state index contributed by atoms with van der Waals surface area (Å²) in [5.74, 6) is -1.66. The van der Waals surface area contributed by atoms with Gasteiger partial charge in [0.2, 0.25) is 0 Å². The number of hydrogen-bond donors (Lipinski definition) is 1. The van der Waals surface area contributed by atoms with Crippen molar-refractivity contribution in [1.29, 1.82) is 5.26 Å². The molecule has 1 N–H and O–H groups in total. The van der Waals surface area contributed by atoms with Gasteiger partial charge in [0.1, 0.15) is 5.82 Å². The molecule has 3 nitrogen and oxygen atoms in total. The van der Waals surface area contributed by atoms with E-state index in [1.165, 1.54) is 18.2 Å². The lowest BCUT2D eigenvalue weighted by Gasteiger charge is -1.98. The zero-order valence-electron chi connectivity index (χ0n) is 7.77. The van der Waals surface area contributed by atoms with Gasteiger partial charge in [0.15, 0.2) is 0 Å². The average Bonchev–Trinajstić information content (AvgIpc) is 2.17. The van der Waals surface area contributed by atoms with Crippen molar-refractivity contribution in [3.63, 3.8) is 0 Å². The Kier molecular flexibility index (Phi) is 3.58. The number of benzene rings is 1. The van der Waals surface area contributed by atoms with Gasteiger partial charge in [0.05, 0.1) is 12.5 Å². The van der Waals surface area contributed by atoms with E-state index in [0.29, 0.717) is 5.56 Å². The van der Waals surface area contributed by atoms with E-state index >= 15 is 0 Å². The molecule has 1 rings (SSSR count). The van der Waals surface area contributed by atoms with Gasteiger partial charge in [0, 0.05) is 11.6 Å². The lowest BCUT2D eigenvalue weighted by atomic mass is 10.1. The predicted octanol–water partition coefficient (Wildman–Crippen LogP) is 1.99. The average molecular weight is 205 g/mol. The summed E-state index contributed by atoms with van der Waals surface area (Å²) in [5.41, 5.74) is 0.765. The number of carboxylic acids is 1. The maximum Gasteiger partial charge on any atom is 0.328 e. The lowest BCUT2D eigenvalue weighted by molar-refractivity contribution is -0.131. The van der Waals surface area contributed by atoms with E-state index in [1.54, 1.807) is 6.07 Å². The molecular weight excluding hydrogens is 197 g/mol. The Morgan fingerprint density at radius 1 is 1.60 bits per heavy atom. The normalized spacial score (nSPS) is 10.1. The summed E-state index contributed by atoms with van der Waals surface area (Å²) in [4.78, 5) is 10.2. The highest BCUT2D eigenvalue weighted by Gasteiger charge is 2.01. The molecule has 0 aliphatic carbocycles. The molecule has 0 radical (unpaired) electrons. The van der Waals surface area contributed by atoms with Crippen LogP contribution in [0.25, 0.3) is 6.08 Å². The Balaban J connectivity index is 2.94. The minimum Gasteiger partial charge on any atom is -0.478 e. The Hall–Kier alpha value is -2.15. The van der Waals surface area contributed by atoms with E-state index in [1.807, 2.05) is 6.07 Å². The SMILES string of the molecule is N#CCc1ccc(C=CC(=O)O)c(F)c1. The number of aliphatic carboxylic acids is 1. The zero-order valence-corrected chi connectivity index (χ0v) is 7.77. The van der Waals surface area contributed by atoms with E-state index in [4.69, 9.17) is 10.4 Å². The third kappa shape index (κ3) is 3.24. The fourth-order valence-electron chi connectivity index (χ4n) is 1.07. The van der Waals surface area contributed by atoms with Crippen molar-refractivity contribution in [1.82, 2.24) is 0 Å². The van der Waals surface area contributed by atoms with E-state index in [0.717, 1.165) is 6.08 Å². The van der Waals surface area contributed by atoms with E-state index in [-0.39, 0.29) is 12.0 Å². The molecule has 1 aromatic carbocycles. The second-order valence-corrected chi connectivity index (χ2v) is 2.86. The van der Waals surface area contributed by atoms with Crippen molar-refractivity contribution >= 4 is 12.0 Å². The molecule has 0 aromatic heterocycles. The van der Waals surface area contributed by atoms with E-state index in [2.05, 4.69) is 0 Å². The largest absolute Gasteiger partial charge is 0.478 e. The van der Waals surface area contributed by atoms with Gasteiger partial charge in [-0.15, -0.1) is 0 Å². The van der Waals surface area contributed by atoms with Crippen LogP contribution in [0, 0.1) is 17.1 Å². The zero-order chi connectivity index (χ0) is 11.3. The van der Waals surface area contributed by atoms with Gasteiger partial charge >= 0.3 is 5.97 Å². The van der Waals surface area contributed by atoms with Crippen LogP contribution in [0.1, 0.15) is 11.1 Å². The van der Waals surface area contributed by atoms with Crippen molar-refractivity contribution in [2.75, 3.05) is 0 Å². The molecule has 0 aliphatic heterocycles. The first-order valence-electron chi connectivity index (χ1n) is 4.20. The molecule has 0 unspecified atom stereocenters. The molecular formula is C11H8FNO2. The number of halogens is 1.